The number of benzene rings is 2. The number of rotatable bonds is 4. The average molecular weight is 289 g/mol. The molecule has 0 aliphatic heterocycles. The number of hydrogen-bond acceptors (Lipinski definition) is 2. The van der Waals surface area contributed by atoms with E-state index in [1.165, 1.54) is 0 Å². The molecule has 2 aromatic rings. The maximum Gasteiger partial charge on any atom is 0.255 e. The van der Waals surface area contributed by atoms with Crippen LogP contribution in [0.3, 0.4) is 0 Å². The molecule has 102 valence electrons. The summed E-state index contributed by atoms with van der Waals surface area (Å²) in [4.78, 5) is 23.1. The molecular weight excluding hydrogens is 276 g/mol. The zero-order valence-corrected chi connectivity index (χ0v) is 11.4. The Kier molecular flexibility index (Phi) is 4.74. The highest BCUT2D eigenvalue weighted by Gasteiger charge is 2.06. The molecule has 0 bridgehead atoms. The topological polar surface area (TPSA) is 58.2 Å². The second-order valence-electron chi connectivity index (χ2n) is 4.08. The highest BCUT2D eigenvalue weighted by atomic mass is 35.5. The molecule has 2 N–H and O–H groups in total. The number of amides is 2. The summed E-state index contributed by atoms with van der Waals surface area (Å²) in [6.07, 6.45) is 0. The number of anilines is 2. The predicted octanol–water partition coefficient (Wildman–Crippen LogP) is 3.12. The Balaban J connectivity index is 2.02. The van der Waals surface area contributed by atoms with E-state index in [1.807, 2.05) is 30.3 Å². The van der Waals surface area contributed by atoms with Gasteiger partial charge in [0.05, 0.1) is 0 Å². The van der Waals surface area contributed by atoms with Gasteiger partial charge in [-0.05, 0) is 36.4 Å². The lowest BCUT2D eigenvalue weighted by Gasteiger charge is -2.06. The van der Waals surface area contributed by atoms with E-state index in [4.69, 9.17) is 11.6 Å². The standard InChI is InChI=1S/C15H13ClN2O2/c16-10-14(19)17-13-8-6-11(7-9-13)15(20)18-12-4-2-1-3-5-12/h1-9H,10H2,(H,17,19)(H,18,20). The number of carbonyl (C=O) groups is 2. The predicted molar refractivity (Wildman–Crippen MR) is 80.2 cm³/mol. The highest BCUT2D eigenvalue weighted by Crippen LogP contribution is 2.12. The van der Waals surface area contributed by atoms with Gasteiger partial charge in [0.1, 0.15) is 5.88 Å². The summed E-state index contributed by atoms with van der Waals surface area (Å²) in [6, 6.07) is 15.8. The molecule has 0 aliphatic carbocycles. The Morgan fingerprint density at radius 3 is 2.05 bits per heavy atom. The minimum atomic E-state index is -0.284. The van der Waals surface area contributed by atoms with Gasteiger partial charge >= 0.3 is 0 Å². The SMILES string of the molecule is O=C(CCl)Nc1ccc(C(=O)Nc2ccccc2)cc1. The largest absolute Gasteiger partial charge is 0.325 e. The Bertz CT molecular complexity index is 597. The first-order valence-corrected chi connectivity index (χ1v) is 6.55. The number of alkyl halides is 1. The summed E-state index contributed by atoms with van der Waals surface area (Å²) < 4.78 is 0. The van der Waals surface area contributed by atoms with Crippen molar-refractivity contribution in [2.24, 2.45) is 0 Å². The molecule has 2 rings (SSSR count). The van der Waals surface area contributed by atoms with Crippen LogP contribution in [0, 0.1) is 0 Å². The molecule has 5 heteroatoms. The summed E-state index contributed by atoms with van der Waals surface area (Å²) in [6.45, 7) is 0. The van der Waals surface area contributed by atoms with Crippen molar-refractivity contribution in [3.8, 4) is 0 Å². The molecule has 20 heavy (non-hydrogen) atoms. The summed E-state index contributed by atoms with van der Waals surface area (Å²) in [5, 5.41) is 5.39. The molecule has 0 radical (unpaired) electrons. The fraction of sp³-hybridized carbons (Fsp3) is 0.0667. The van der Waals surface area contributed by atoms with Crippen LogP contribution in [0.4, 0.5) is 11.4 Å². The Hall–Kier alpha value is -2.33. The van der Waals surface area contributed by atoms with E-state index in [9.17, 15) is 9.59 Å². The molecule has 0 aromatic heterocycles. The molecule has 0 unspecified atom stereocenters. The summed E-state index contributed by atoms with van der Waals surface area (Å²) in [5.74, 6) is -0.587. The van der Waals surface area contributed by atoms with Gasteiger partial charge in [0, 0.05) is 16.9 Å². The van der Waals surface area contributed by atoms with E-state index in [1.54, 1.807) is 24.3 Å². The first-order valence-electron chi connectivity index (χ1n) is 6.01. The summed E-state index contributed by atoms with van der Waals surface area (Å²) in [7, 11) is 0. The normalized spacial score (nSPS) is 9.85. The van der Waals surface area contributed by atoms with Crippen LogP contribution in [0.5, 0.6) is 0 Å². The lowest BCUT2D eigenvalue weighted by Crippen LogP contribution is -2.14. The van der Waals surface area contributed by atoms with E-state index in [0.29, 0.717) is 11.3 Å². The average Bonchev–Trinajstić information content (AvgIpc) is 2.49. The Morgan fingerprint density at radius 2 is 1.45 bits per heavy atom. The monoisotopic (exact) mass is 288 g/mol. The van der Waals surface area contributed by atoms with Crippen molar-refractivity contribution in [3.05, 3.63) is 60.2 Å². The molecule has 2 amide bonds. The van der Waals surface area contributed by atoms with Crippen molar-refractivity contribution in [3.63, 3.8) is 0 Å². The molecule has 4 nitrogen and oxygen atoms in total. The van der Waals surface area contributed by atoms with Crippen LogP contribution in [0.25, 0.3) is 0 Å². The van der Waals surface area contributed by atoms with Gasteiger partial charge in [-0.2, -0.15) is 0 Å². The van der Waals surface area contributed by atoms with Crippen molar-refractivity contribution in [1.29, 1.82) is 0 Å². The maximum atomic E-state index is 12.0. The van der Waals surface area contributed by atoms with Crippen molar-refractivity contribution in [1.82, 2.24) is 0 Å². The van der Waals surface area contributed by atoms with E-state index in [0.717, 1.165) is 5.69 Å². The fourth-order valence-electron chi connectivity index (χ4n) is 1.62. The van der Waals surface area contributed by atoms with Crippen LogP contribution >= 0.6 is 11.6 Å². The number of carbonyl (C=O) groups excluding carboxylic acids is 2. The molecule has 2 aromatic carbocycles. The fourth-order valence-corrected chi connectivity index (χ4v) is 1.69. The van der Waals surface area contributed by atoms with E-state index in [-0.39, 0.29) is 17.7 Å². The minimum Gasteiger partial charge on any atom is -0.325 e. The van der Waals surface area contributed by atoms with Crippen LogP contribution in [-0.4, -0.2) is 17.7 Å². The molecule has 0 fully saturated rings. The van der Waals surface area contributed by atoms with Crippen molar-refractivity contribution < 1.29 is 9.59 Å². The van der Waals surface area contributed by atoms with Gasteiger partial charge in [0.15, 0.2) is 0 Å². The Labute approximate surface area is 121 Å². The van der Waals surface area contributed by atoms with E-state index >= 15 is 0 Å². The van der Waals surface area contributed by atoms with E-state index < -0.39 is 0 Å². The lowest BCUT2D eigenvalue weighted by atomic mass is 10.2. The molecule has 0 aliphatic rings. The molecule has 0 saturated heterocycles. The highest BCUT2D eigenvalue weighted by molar-refractivity contribution is 6.29. The number of nitrogens with one attached hydrogen (secondary N) is 2. The molecular formula is C15H13ClN2O2. The van der Waals surface area contributed by atoms with Gasteiger partial charge in [-0.15, -0.1) is 11.6 Å². The second kappa shape index (κ2) is 6.73. The van der Waals surface area contributed by atoms with Gasteiger partial charge in [-0.3, -0.25) is 9.59 Å². The molecule has 0 saturated carbocycles. The minimum absolute atomic E-state index is 0.101. The quantitative estimate of drug-likeness (QED) is 0.849. The maximum absolute atomic E-state index is 12.0. The van der Waals surface area contributed by atoms with Crippen LogP contribution < -0.4 is 10.6 Å². The zero-order valence-electron chi connectivity index (χ0n) is 10.6. The van der Waals surface area contributed by atoms with Crippen molar-refractivity contribution in [2.45, 2.75) is 0 Å². The number of halogens is 1. The number of hydrogen-bond donors (Lipinski definition) is 2. The van der Waals surface area contributed by atoms with Crippen LogP contribution in [-0.2, 0) is 4.79 Å². The molecule has 0 atom stereocenters. The number of para-hydroxylation sites is 1. The smallest absolute Gasteiger partial charge is 0.255 e. The van der Waals surface area contributed by atoms with Crippen molar-refractivity contribution >= 4 is 34.8 Å². The van der Waals surface area contributed by atoms with Crippen molar-refractivity contribution in [2.75, 3.05) is 16.5 Å². The van der Waals surface area contributed by atoms with Gasteiger partial charge in [0.25, 0.3) is 5.91 Å². The lowest BCUT2D eigenvalue weighted by molar-refractivity contribution is -0.113. The summed E-state index contributed by atoms with van der Waals surface area (Å²) in [5.41, 5.74) is 1.85. The Morgan fingerprint density at radius 1 is 0.850 bits per heavy atom. The first kappa shape index (κ1) is 14.1. The van der Waals surface area contributed by atoms with Crippen LogP contribution in [0.15, 0.2) is 54.6 Å². The molecule has 0 spiro atoms. The third-order valence-corrected chi connectivity index (χ3v) is 2.83. The van der Waals surface area contributed by atoms with E-state index in [2.05, 4.69) is 10.6 Å². The van der Waals surface area contributed by atoms with Gasteiger partial charge < -0.3 is 10.6 Å². The van der Waals surface area contributed by atoms with Crippen LogP contribution in [0.2, 0.25) is 0 Å². The second-order valence-corrected chi connectivity index (χ2v) is 4.35. The summed E-state index contributed by atoms with van der Waals surface area (Å²) >= 11 is 5.40. The van der Waals surface area contributed by atoms with Gasteiger partial charge in [0.2, 0.25) is 5.91 Å². The molecule has 0 heterocycles. The zero-order chi connectivity index (χ0) is 14.4. The van der Waals surface area contributed by atoms with Gasteiger partial charge in [-0.25, -0.2) is 0 Å². The van der Waals surface area contributed by atoms with Gasteiger partial charge in [-0.1, -0.05) is 18.2 Å². The first-order chi connectivity index (χ1) is 9.69. The third kappa shape index (κ3) is 3.83. The third-order valence-electron chi connectivity index (χ3n) is 2.58. The van der Waals surface area contributed by atoms with Crippen LogP contribution in [0.1, 0.15) is 10.4 Å².